The highest BCUT2D eigenvalue weighted by atomic mass is 32.2. The molecule has 0 saturated carbocycles. The summed E-state index contributed by atoms with van der Waals surface area (Å²) >= 11 is 0. The number of rotatable bonds is 8. The van der Waals surface area contributed by atoms with Gasteiger partial charge in [0.1, 0.15) is 0 Å². The summed E-state index contributed by atoms with van der Waals surface area (Å²) in [5, 5.41) is 3.17. The first-order chi connectivity index (χ1) is 12.3. The van der Waals surface area contributed by atoms with E-state index in [9.17, 15) is 13.2 Å². The second kappa shape index (κ2) is 9.48. The van der Waals surface area contributed by atoms with Gasteiger partial charge in [0.2, 0.25) is 15.9 Å². The summed E-state index contributed by atoms with van der Waals surface area (Å²) in [6.07, 6.45) is 3.41. The highest BCUT2D eigenvalue weighted by molar-refractivity contribution is 7.89. The van der Waals surface area contributed by atoms with Gasteiger partial charge in [-0.15, -0.1) is 0 Å². The van der Waals surface area contributed by atoms with Crippen molar-refractivity contribution in [1.82, 2.24) is 14.9 Å². The van der Waals surface area contributed by atoms with Gasteiger partial charge in [0.05, 0.1) is 4.90 Å². The molecule has 1 fully saturated rings. The maximum Gasteiger partial charge on any atom is 0.240 e. The lowest BCUT2D eigenvalue weighted by Gasteiger charge is -2.32. The number of hydrogen-bond acceptors (Lipinski definition) is 4. The maximum atomic E-state index is 12.4. The lowest BCUT2D eigenvalue weighted by atomic mass is 9.93. The van der Waals surface area contributed by atoms with Crippen molar-refractivity contribution in [3.8, 4) is 0 Å². The van der Waals surface area contributed by atoms with Crippen LogP contribution in [-0.2, 0) is 14.8 Å². The third-order valence-corrected chi connectivity index (χ3v) is 6.65. The zero-order valence-corrected chi connectivity index (χ0v) is 16.9. The lowest BCUT2D eigenvalue weighted by Crippen LogP contribution is -2.40. The number of amides is 1. The second-order valence-electron chi connectivity index (χ2n) is 7.11. The fourth-order valence-electron chi connectivity index (χ4n) is 3.23. The van der Waals surface area contributed by atoms with E-state index >= 15 is 0 Å². The third-order valence-electron chi connectivity index (χ3n) is 5.19. The van der Waals surface area contributed by atoms with Crippen molar-refractivity contribution in [3.63, 3.8) is 0 Å². The molecule has 0 atom stereocenters. The molecule has 1 aliphatic rings. The molecule has 2 N–H and O–H groups in total. The molecular formula is C19H31N3O3S. The van der Waals surface area contributed by atoms with Crippen LogP contribution in [0.4, 0.5) is 0 Å². The summed E-state index contributed by atoms with van der Waals surface area (Å²) in [7, 11) is -1.62. The first kappa shape index (κ1) is 20.9. The Kier molecular flexibility index (Phi) is 7.61. The highest BCUT2D eigenvalue weighted by Gasteiger charge is 2.23. The summed E-state index contributed by atoms with van der Waals surface area (Å²) < 4.78 is 27.3. The van der Waals surface area contributed by atoms with Crippen molar-refractivity contribution in [2.75, 3.05) is 33.2 Å². The number of carbonyl (C=O) groups excluding carboxylic acids is 1. The molecule has 6 nitrogen and oxygen atoms in total. The van der Waals surface area contributed by atoms with Crippen LogP contribution in [0.15, 0.2) is 23.1 Å². The number of likely N-dealkylation sites (tertiary alicyclic amines) is 1. The quantitative estimate of drug-likeness (QED) is 0.720. The molecule has 0 bridgehead atoms. The normalized spacial score (nSPS) is 16.0. The van der Waals surface area contributed by atoms with E-state index in [0.717, 1.165) is 50.0 Å². The molecule has 0 spiro atoms. The molecule has 1 aliphatic heterocycles. The SMILES string of the molecule is CNCCC1CCN(C(=O)CCNS(=O)(=O)c2ccc(C)c(C)c2)CC1. The number of nitrogens with one attached hydrogen (secondary N) is 2. The fraction of sp³-hybridized carbons (Fsp3) is 0.632. The van der Waals surface area contributed by atoms with Crippen molar-refractivity contribution in [2.24, 2.45) is 5.92 Å². The van der Waals surface area contributed by atoms with E-state index in [4.69, 9.17) is 0 Å². The molecule has 0 radical (unpaired) electrons. The van der Waals surface area contributed by atoms with Gasteiger partial charge in [-0.25, -0.2) is 13.1 Å². The molecule has 0 aliphatic carbocycles. The molecular weight excluding hydrogens is 350 g/mol. The van der Waals surface area contributed by atoms with E-state index in [1.165, 1.54) is 0 Å². The Morgan fingerprint density at radius 1 is 1.15 bits per heavy atom. The number of piperidine rings is 1. The van der Waals surface area contributed by atoms with Gasteiger partial charge in [0.15, 0.2) is 0 Å². The Morgan fingerprint density at radius 3 is 2.46 bits per heavy atom. The van der Waals surface area contributed by atoms with Crippen molar-refractivity contribution in [3.05, 3.63) is 29.3 Å². The van der Waals surface area contributed by atoms with Crippen LogP contribution in [-0.4, -0.2) is 52.5 Å². The lowest BCUT2D eigenvalue weighted by molar-refractivity contribution is -0.132. The van der Waals surface area contributed by atoms with E-state index in [-0.39, 0.29) is 23.8 Å². The molecule has 1 heterocycles. The summed E-state index contributed by atoms with van der Waals surface area (Å²) in [4.78, 5) is 14.4. The van der Waals surface area contributed by atoms with Gasteiger partial charge < -0.3 is 10.2 Å². The summed E-state index contributed by atoms with van der Waals surface area (Å²) in [6.45, 7) is 6.53. The predicted molar refractivity (Wildman–Crippen MR) is 104 cm³/mol. The number of benzene rings is 1. The number of nitrogens with zero attached hydrogens (tertiary/aromatic N) is 1. The van der Waals surface area contributed by atoms with Crippen LogP contribution in [0.1, 0.15) is 36.8 Å². The van der Waals surface area contributed by atoms with Crippen molar-refractivity contribution < 1.29 is 13.2 Å². The average Bonchev–Trinajstić information content (AvgIpc) is 2.62. The second-order valence-corrected chi connectivity index (χ2v) is 8.88. The number of hydrogen-bond donors (Lipinski definition) is 2. The molecule has 1 aromatic carbocycles. The largest absolute Gasteiger partial charge is 0.343 e. The van der Waals surface area contributed by atoms with Crippen LogP contribution in [0.2, 0.25) is 0 Å². The van der Waals surface area contributed by atoms with E-state index < -0.39 is 10.0 Å². The van der Waals surface area contributed by atoms with Crippen molar-refractivity contribution in [2.45, 2.75) is 44.4 Å². The topological polar surface area (TPSA) is 78.5 Å². The average molecular weight is 382 g/mol. The minimum absolute atomic E-state index is 0.0276. The summed E-state index contributed by atoms with van der Waals surface area (Å²) in [6, 6.07) is 5.06. The van der Waals surface area contributed by atoms with Gasteiger partial charge in [-0.1, -0.05) is 6.07 Å². The third kappa shape index (κ3) is 5.79. The Bertz CT molecular complexity index is 711. The van der Waals surface area contributed by atoms with Crippen LogP contribution in [0.25, 0.3) is 0 Å². The molecule has 1 saturated heterocycles. The molecule has 2 rings (SSSR count). The molecule has 1 aromatic rings. The van der Waals surface area contributed by atoms with E-state index in [0.29, 0.717) is 5.92 Å². The van der Waals surface area contributed by atoms with Crippen LogP contribution >= 0.6 is 0 Å². The van der Waals surface area contributed by atoms with E-state index in [1.54, 1.807) is 18.2 Å². The Morgan fingerprint density at radius 2 is 1.85 bits per heavy atom. The van der Waals surface area contributed by atoms with E-state index in [1.807, 2.05) is 25.8 Å². The maximum absolute atomic E-state index is 12.4. The fourth-order valence-corrected chi connectivity index (χ4v) is 4.35. The molecule has 1 amide bonds. The van der Waals surface area contributed by atoms with Gasteiger partial charge >= 0.3 is 0 Å². The van der Waals surface area contributed by atoms with Crippen molar-refractivity contribution in [1.29, 1.82) is 0 Å². The Hall–Kier alpha value is -1.44. The van der Waals surface area contributed by atoms with Crippen molar-refractivity contribution >= 4 is 15.9 Å². The van der Waals surface area contributed by atoms with Crippen LogP contribution in [0.3, 0.4) is 0 Å². The molecule has 146 valence electrons. The Balaban J connectivity index is 1.78. The van der Waals surface area contributed by atoms with Gasteiger partial charge in [0.25, 0.3) is 0 Å². The zero-order chi connectivity index (χ0) is 19.2. The number of carbonyl (C=O) groups is 1. The predicted octanol–water partition coefficient (Wildman–Crippen LogP) is 1.82. The van der Waals surface area contributed by atoms with Crippen LogP contribution in [0, 0.1) is 19.8 Å². The Labute approximate surface area is 157 Å². The van der Waals surface area contributed by atoms with Gasteiger partial charge in [-0.05, 0) is 75.9 Å². The number of aryl methyl sites for hydroxylation is 2. The molecule has 0 aromatic heterocycles. The van der Waals surface area contributed by atoms with E-state index in [2.05, 4.69) is 10.0 Å². The first-order valence-electron chi connectivity index (χ1n) is 9.33. The highest BCUT2D eigenvalue weighted by Crippen LogP contribution is 2.20. The summed E-state index contributed by atoms with van der Waals surface area (Å²) in [5.74, 6) is 0.703. The van der Waals surface area contributed by atoms with Crippen LogP contribution in [0.5, 0.6) is 0 Å². The van der Waals surface area contributed by atoms with Gasteiger partial charge in [0, 0.05) is 26.1 Å². The molecule has 0 unspecified atom stereocenters. The summed E-state index contributed by atoms with van der Waals surface area (Å²) in [5.41, 5.74) is 1.99. The van der Waals surface area contributed by atoms with Gasteiger partial charge in [-0.2, -0.15) is 0 Å². The number of sulfonamides is 1. The molecule has 7 heteroatoms. The van der Waals surface area contributed by atoms with Crippen LogP contribution < -0.4 is 10.0 Å². The smallest absolute Gasteiger partial charge is 0.240 e. The molecule has 26 heavy (non-hydrogen) atoms. The minimum atomic E-state index is -3.57. The first-order valence-corrected chi connectivity index (χ1v) is 10.8. The van der Waals surface area contributed by atoms with Gasteiger partial charge in [-0.3, -0.25) is 4.79 Å². The minimum Gasteiger partial charge on any atom is -0.343 e. The standard InChI is InChI=1S/C19H31N3O3S/c1-15-4-5-18(14-16(15)2)26(24,25)21-11-7-19(23)22-12-8-17(9-13-22)6-10-20-3/h4-5,14,17,20-21H,6-13H2,1-3H3. The monoisotopic (exact) mass is 381 g/mol. The zero-order valence-electron chi connectivity index (χ0n) is 16.0.